The van der Waals surface area contributed by atoms with Gasteiger partial charge in [-0.1, -0.05) is 0 Å². The molecule has 1 saturated heterocycles. The van der Waals surface area contributed by atoms with Gasteiger partial charge >= 0.3 is 6.18 Å². The van der Waals surface area contributed by atoms with Crippen LogP contribution >= 0.6 is 0 Å². The third-order valence-electron chi connectivity index (χ3n) is 3.63. The summed E-state index contributed by atoms with van der Waals surface area (Å²) in [6, 6.07) is 0. The Kier molecular flexibility index (Phi) is 4.31. The fraction of sp³-hybridized carbons (Fsp3) is 0.727. The molecule has 2 heterocycles. The van der Waals surface area contributed by atoms with Crippen molar-refractivity contribution in [1.82, 2.24) is 14.5 Å². The lowest BCUT2D eigenvalue weighted by molar-refractivity contribution is -0.182. The molecule has 1 fully saturated rings. The van der Waals surface area contributed by atoms with Gasteiger partial charge in [-0.15, -0.1) is 0 Å². The number of rotatable bonds is 3. The topological polar surface area (TPSA) is 86.3 Å². The van der Waals surface area contributed by atoms with Gasteiger partial charge < -0.3 is 5.11 Å². The number of halogens is 3. The molecule has 120 valence electrons. The molecule has 0 unspecified atom stereocenters. The molecule has 0 radical (unpaired) electrons. The van der Waals surface area contributed by atoms with E-state index in [-0.39, 0.29) is 42.2 Å². The molecule has 2 N–H and O–H groups in total. The third-order valence-corrected chi connectivity index (χ3v) is 5.73. The van der Waals surface area contributed by atoms with Crippen LogP contribution in [-0.4, -0.2) is 47.3 Å². The number of nitrogens with one attached hydrogen (secondary N) is 1. The van der Waals surface area contributed by atoms with Crippen molar-refractivity contribution < 1.29 is 26.7 Å². The van der Waals surface area contributed by atoms with E-state index >= 15 is 0 Å². The first-order valence-corrected chi connectivity index (χ1v) is 7.83. The molecule has 0 atom stereocenters. The van der Waals surface area contributed by atoms with Gasteiger partial charge in [-0.25, -0.2) is 8.42 Å². The van der Waals surface area contributed by atoms with Gasteiger partial charge in [0.05, 0.1) is 18.2 Å². The van der Waals surface area contributed by atoms with E-state index in [1.54, 1.807) is 0 Å². The van der Waals surface area contributed by atoms with Crippen molar-refractivity contribution in [2.45, 2.75) is 37.4 Å². The molecule has 2 rings (SSSR count). The van der Waals surface area contributed by atoms with Crippen LogP contribution in [0.1, 0.15) is 24.2 Å². The Morgan fingerprint density at radius 3 is 2.43 bits per heavy atom. The highest BCUT2D eigenvalue weighted by Crippen LogP contribution is 2.36. The Balaban J connectivity index is 2.21. The minimum Gasteiger partial charge on any atom is -0.390 e. The summed E-state index contributed by atoms with van der Waals surface area (Å²) >= 11 is 0. The average Bonchev–Trinajstić information content (AvgIpc) is 2.79. The van der Waals surface area contributed by atoms with Gasteiger partial charge in [-0.2, -0.15) is 22.6 Å². The maximum absolute atomic E-state index is 12.6. The number of piperidine rings is 1. The van der Waals surface area contributed by atoms with Gasteiger partial charge in [0.1, 0.15) is 10.6 Å². The summed E-state index contributed by atoms with van der Waals surface area (Å²) in [7, 11) is -3.95. The molecule has 1 aromatic rings. The van der Waals surface area contributed by atoms with Gasteiger partial charge in [0, 0.05) is 13.1 Å². The van der Waals surface area contributed by atoms with Gasteiger partial charge in [0.15, 0.2) is 0 Å². The first kappa shape index (κ1) is 16.2. The quantitative estimate of drug-likeness (QED) is 0.873. The maximum Gasteiger partial charge on any atom is 0.391 e. The summed E-state index contributed by atoms with van der Waals surface area (Å²) in [6.07, 6.45) is -4.81. The van der Waals surface area contributed by atoms with E-state index in [9.17, 15) is 21.6 Å². The highest BCUT2D eigenvalue weighted by Gasteiger charge is 2.43. The standard InChI is InChI=1S/C11H16F3N3O3S/c1-7-10(9(6-18)16-15-7)21(19,20)17-4-2-8(3-5-17)11(12,13)14/h8,18H,2-6H2,1H3,(H,15,16). The highest BCUT2D eigenvalue weighted by atomic mass is 32.2. The average molecular weight is 327 g/mol. The van der Waals surface area contributed by atoms with Gasteiger partial charge in [0.2, 0.25) is 10.0 Å². The van der Waals surface area contributed by atoms with Crippen LogP contribution in [0.4, 0.5) is 13.2 Å². The summed E-state index contributed by atoms with van der Waals surface area (Å²) in [5.74, 6) is -1.47. The van der Waals surface area contributed by atoms with Crippen molar-refractivity contribution in [3.8, 4) is 0 Å². The molecule has 21 heavy (non-hydrogen) atoms. The molecule has 0 bridgehead atoms. The summed E-state index contributed by atoms with van der Waals surface area (Å²) in [6.45, 7) is 0.545. The van der Waals surface area contributed by atoms with Crippen LogP contribution in [0.15, 0.2) is 4.90 Å². The number of nitrogens with zero attached hydrogens (tertiary/aromatic N) is 2. The summed E-state index contributed by atoms with van der Waals surface area (Å²) in [4.78, 5) is -0.143. The van der Waals surface area contributed by atoms with Gasteiger partial charge in [-0.3, -0.25) is 5.10 Å². The molecule has 1 aromatic heterocycles. The van der Waals surface area contributed by atoms with Gasteiger partial charge in [0.25, 0.3) is 0 Å². The van der Waals surface area contributed by atoms with Crippen molar-refractivity contribution in [2.24, 2.45) is 5.92 Å². The molecule has 10 heteroatoms. The van der Waals surface area contributed by atoms with Crippen LogP contribution in [0, 0.1) is 12.8 Å². The minimum absolute atomic E-state index is 0.0227. The number of aryl methyl sites for hydroxylation is 1. The van der Waals surface area contributed by atoms with E-state index in [0.29, 0.717) is 0 Å². The predicted molar refractivity (Wildman–Crippen MR) is 66.8 cm³/mol. The van der Waals surface area contributed by atoms with Crippen LogP contribution in [-0.2, 0) is 16.6 Å². The van der Waals surface area contributed by atoms with Crippen LogP contribution in [0.5, 0.6) is 0 Å². The number of alkyl halides is 3. The first-order valence-electron chi connectivity index (χ1n) is 6.39. The number of aliphatic hydroxyl groups excluding tert-OH is 1. The summed E-state index contributed by atoms with van der Waals surface area (Å²) in [5.41, 5.74) is 0.238. The normalized spacial score (nSPS) is 19.1. The monoisotopic (exact) mass is 327 g/mol. The lowest BCUT2D eigenvalue weighted by atomic mass is 9.98. The van der Waals surface area contributed by atoms with Crippen LogP contribution in [0.25, 0.3) is 0 Å². The van der Waals surface area contributed by atoms with E-state index in [1.807, 2.05) is 0 Å². The van der Waals surface area contributed by atoms with E-state index in [0.717, 1.165) is 4.31 Å². The van der Waals surface area contributed by atoms with E-state index < -0.39 is 28.7 Å². The number of H-pyrrole nitrogens is 1. The number of aliphatic hydroxyl groups is 1. The second kappa shape index (κ2) is 5.58. The molecule has 0 spiro atoms. The number of sulfonamides is 1. The van der Waals surface area contributed by atoms with E-state index in [1.165, 1.54) is 6.92 Å². The number of aromatic nitrogens is 2. The zero-order valence-electron chi connectivity index (χ0n) is 11.3. The molecular weight excluding hydrogens is 311 g/mol. The minimum atomic E-state index is -4.29. The Labute approximate surface area is 120 Å². The van der Waals surface area contributed by atoms with E-state index in [2.05, 4.69) is 10.2 Å². The molecule has 0 amide bonds. The largest absolute Gasteiger partial charge is 0.391 e. The number of hydrogen-bond donors (Lipinski definition) is 2. The third kappa shape index (κ3) is 3.06. The fourth-order valence-electron chi connectivity index (χ4n) is 2.47. The lowest BCUT2D eigenvalue weighted by Crippen LogP contribution is -2.42. The molecule has 0 saturated carbocycles. The molecule has 1 aliphatic heterocycles. The molecule has 0 aliphatic carbocycles. The molecule has 0 aromatic carbocycles. The van der Waals surface area contributed by atoms with Crippen molar-refractivity contribution in [1.29, 1.82) is 0 Å². The Bertz CT molecular complexity index is 604. The zero-order valence-corrected chi connectivity index (χ0v) is 12.1. The Hall–Kier alpha value is -1.13. The van der Waals surface area contributed by atoms with Crippen molar-refractivity contribution in [2.75, 3.05) is 13.1 Å². The maximum atomic E-state index is 12.6. The molecule has 6 nitrogen and oxygen atoms in total. The molecular formula is C11H16F3N3O3S. The second-order valence-corrected chi connectivity index (χ2v) is 6.88. The zero-order chi connectivity index (χ0) is 15.8. The lowest BCUT2D eigenvalue weighted by Gasteiger charge is -2.32. The number of aromatic amines is 1. The fourth-order valence-corrected chi connectivity index (χ4v) is 4.26. The van der Waals surface area contributed by atoms with Crippen LogP contribution in [0.2, 0.25) is 0 Å². The summed E-state index contributed by atoms with van der Waals surface area (Å²) in [5, 5.41) is 15.3. The Morgan fingerprint density at radius 2 is 1.95 bits per heavy atom. The van der Waals surface area contributed by atoms with Crippen molar-refractivity contribution in [3.63, 3.8) is 0 Å². The smallest absolute Gasteiger partial charge is 0.390 e. The number of hydrogen-bond acceptors (Lipinski definition) is 4. The van der Waals surface area contributed by atoms with Crippen LogP contribution in [0.3, 0.4) is 0 Å². The van der Waals surface area contributed by atoms with Crippen molar-refractivity contribution >= 4 is 10.0 Å². The molecule has 1 aliphatic rings. The Morgan fingerprint density at radius 1 is 1.38 bits per heavy atom. The van der Waals surface area contributed by atoms with Gasteiger partial charge in [-0.05, 0) is 19.8 Å². The first-order chi connectivity index (χ1) is 9.67. The van der Waals surface area contributed by atoms with E-state index in [4.69, 9.17) is 5.11 Å². The highest BCUT2D eigenvalue weighted by molar-refractivity contribution is 7.89. The van der Waals surface area contributed by atoms with Crippen molar-refractivity contribution in [3.05, 3.63) is 11.4 Å². The SMILES string of the molecule is Cc1[nH]nc(CO)c1S(=O)(=O)N1CCC(C(F)(F)F)CC1. The predicted octanol–water partition coefficient (Wildman–Crippen LogP) is 1.17. The summed E-state index contributed by atoms with van der Waals surface area (Å²) < 4.78 is 63.8. The van der Waals surface area contributed by atoms with Crippen LogP contribution < -0.4 is 0 Å². The second-order valence-electron chi connectivity index (χ2n) is 5.00.